The number of fused-ring (bicyclic) bond motifs is 1. The first-order valence-corrected chi connectivity index (χ1v) is 8.48. The highest BCUT2D eigenvalue weighted by atomic mass is 35.5. The number of halogens is 1. The third-order valence-electron chi connectivity index (χ3n) is 4.35. The van der Waals surface area contributed by atoms with Gasteiger partial charge < -0.3 is 21.3 Å². The van der Waals surface area contributed by atoms with Gasteiger partial charge in [-0.15, -0.1) is 12.4 Å². The van der Waals surface area contributed by atoms with Crippen LogP contribution in [0.1, 0.15) is 20.8 Å². The van der Waals surface area contributed by atoms with Crippen LogP contribution in [0, 0.1) is 0 Å². The van der Waals surface area contributed by atoms with Crippen LogP contribution in [0.5, 0.6) is 0 Å². The summed E-state index contributed by atoms with van der Waals surface area (Å²) in [6.45, 7) is 3.46. The van der Waals surface area contributed by atoms with E-state index in [0.717, 1.165) is 32.0 Å². The number of piperazine rings is 1. The molecule has 4 N–H and O–H groups in total. The third kappa shape index (κ3) is 3.62. The Labute approximate surface area is 166 Å². The van der Waals surface area contributed by atoms with E-state index in [4.69, 9.17) is 5.73 Å². The third-order valence-corrected chi connectivity index (χ3v) is 4.35. The Balaban J connectivity index is 0.00000225. The van der Waals surface area contributed by atoms with E-state index in [1.54, 1.807) is 17.8 Å². The highest BCUT2D eigenvalue weighted by molar-refractivity contribution is 6.10. The number of hydrogen-bond acceptors (Lipinski definition) is 7. The van der Waals surface area contributed by atoms with E-state index in [1.165, 1.54) is 17.1 Å². The molecular weight excluding hydrogens is 386 g/mol. The maximum Gasteiger partial charge on any atom is 0.271 e. The molecule has 3 aromatic rings. The number of nitrogens with one attached hydrogen (secondary N) is 2. The van der Waals surface area contributed by atoms with Crippen molar-refractivity contribution in [3.63, 3.8) is 0 Å². The molecule has 2 amide bonds. The van der Waals surface area contributed by atoms with Gasteiger partial charge in [-0.05, 0) is 6.07 Å². The maximum atomic E-state index is 12.7. The van der Waals surface area contributed by atoms with Gasteiger partial charge in [-0.2, -0.15) is 10.2 Å². The number of hydrogen-bond donors (Lipinski definition) is 3. The first-order valence-electron chi connectivity index (χ1n) is 8.48. The van der Waals surface area contributed by atoms with Crippen LogP contribution in [0.25, 0.3) is 5.65 Å². The molecule has 0 spiro atoms. The Morgan fingerprint density at radius 1 is 1.29 bits per heavy atom. The van der Waals surface area contributed by atoms with Gasteiger partial charge >= 0.3 is 0 Å². The average molecular weight is 406 g/mol. The number of carbonyl (C=O) groups is 2. The Kier molecular flexibility index (Phi) is 5.47. The first kappa shape index (κ1) is 19.6. The Hall–Kier alpha value is -3.18. The molecule has 1 aliphatic heterocycles. The van der Waals surface area contributed by atoms with Crippen LogP contribution >= 0.6 is 12.4 Å². The molecule has 0 saturated carbocycles. The number of aryl methyl sites for hydroxylation is 1. The summed E-state index contributed by atoms with van der Waals surface area (Å²) in [6, 6.07) is 1.87. The van der Waals surface area contributed by atoms with E-state index in [2.05, 4.69) is 30.7 Å². The van der Waals surface area contributed by atoms with E-state index in [0.29, 0.717) is 11.2 Å². The summed E-state index contributed by atoms with van der Waals surface area (Å²) in [7, 11) is 1.64. The number of carbonyl (C=O) groups excluding carboxylic acids is 2. The minimum atomic E-state index is -0.718. The van der Waals surface area contributed by atoms with E-state index in [1.807, 2.05) is 6.07 Å². The molecule has 4 heterocycles. The molecule has 0 unspecified atom stereocenters. The van der Waals surface area contributed by atoms with Crippen LogP contribution in [-0.2, 0) is 7.05 Å². The molecule has 28 heavy (non-hydrogen) atoms. The Bertz CT molecular complexity index is 1020. The van der Waals surface area contributed by atoms with Crippen LogP contribution < -0.4 is 21.3 Å². The molecule has 0 bridgehead atoms. The van der Waals surface area contributed by atoms with Crippen molar-refractivity contribution in [3.05, 3.63) is 35.9 Å². The molecule has 1 aliphatic rings. The van der Waals surface area contributed by atoms with E-state index in [-0.39, 0.29) is 23.8 Å². The number of aromatic nitrogens is 5. The highest BCUT2D eigenvalue weighted by Gasteiger charge is 2.20. The molecule has 0 aromatic carbocycles. The van der Waals surface area contributed by atoms with Crippen molar-refractivity contribution in [1.29, 1.82) is 0 Å². The van der Waals surface area contributed by atoms with Crippen molar-refractivity contribution in [3.8, 4) is 0 Å². The van der Waals surface area contributed by atoms with Crippen molar-refractivity contribution < 1.29 is 9.59 Å². The average Bonchev–Trinajstić information content (AvgIpc) is 3.25. The number of primary amides is 1. The molecule has 0 atom stereocenters. The summed E-state index contributed by atoms with van der Waals surface area (Å²) in [5, 5.41) is 14.1. The Morgan fingerprint density at radius 2 is 2.04 bits per heavy atom. The minimum Gasteiger partial charge on any atom is -0.364 e. The van der Waals surface area contributed by atoms with E-state index >= 15 is 0 Å². The second-order valence-corrected chi connectivity index (χ2v) is 6.23. The van der Waals surface area contributed by atoms with Crippen molar-refractivity contribution >= 4 is 41.4 Å². The molecule has 3 aromatic heterocycles. The maximum absolute atomic E-state index is 12.7. The quantitative estimate of drug-likeness (QED) is 0.539. The smallest absolute Gasteiger partial charge is 0.271 e. The fraction of sp³-hybridized carbons (Fsp3) is 0.312. The molecular formula is C16H20ClN9O2. The zero-order valence-electron chi connectivity index (χ0n) is 15.1. The first-order chi connectivity index (χ1) is 13.0. The van der Waals surface area contributed by atoms with Gasteiger partial charge in [0.15, 0.2) is 11.3 Å². The molecule has 0 radical (unpaired) electrons. The molecule has 11 nitrogen and oxygen atoms in total. The lowest BCUT2D eigenvalue weighted by atomic mass is 10.3. The summed E-state index contributed by atoms with van der Waals surface area (Å²) in [4.78, 5) is 31.0. The molecule has 1 fully saturated rings. The number of amides is 2. The van der Waals surface area contributed by atoms with Gasteiger partial charge in [0.2, 0.25) is 0 Å². The Morgan fingerprint density at radius 3 is 2.75 bits per heavy atom. The second kappa shape index (κ2) is 7.82. The van der Waals surface area contributed by atoms with Crippen LogP contribution in [-0.4, -0.2) is 62.4 Å². The lowest BCUT2D eigenvalue weighted by molar-refractivity contribution is 0.0995. The molecule has 12 heteroatoms. The number of rotatable bonds is 4. The topological polar surface area (TPSA) is 135 Å². The standard InChI is InChI=1S/C16H19N9O2.ClH/c1-23-9-11(13(22-23)14(17)26)20-16(27)10-8-19-25-5-2-12(21-15(10)25)24-6-3-18-4-7-24;/h2,5,8-9,18H,3-4,6-7H2,1H3,(H2,17,26)(H,20,27);1H. The van der Waals surface area contributed by atoms with Crippen molar-refractivity contribution in [2.75, 3.05) is 36.4 Å². The summed E-state index contributed by atoms with van der Waals surface area (Å²) >= 11 is 0. The molecule has 148 valence electrons. The van der Waals surface area contributed by atoms with Crippen LogP contribution in [0.4, 0.5) is 11.5 Å². The normalized spacial score (nSPS) is 14.0. The van der Waals surface area contributed by atoms with Gasteiger partial charge in [0.1, 0.15) is 11.4 Å². The molecule has 1 saturated heterocycles. The van der Waals surface area contributed by atoms with Gasteiger partial charge in [0, 0.05) is 45.6 Å². The number of nitrogens with zero attached hydrogens (tertiary/aromatic N) is 6. The van der Waals surface area contributed by atoms with Crippen molar-refractivity contribution in [2.24, 2.45) is 12.8 Å². The predicted molar refractivity (Wildman–Crippen MR) is 105 cm³/mol. The minimum absolute atomic E-state index is 0. The zero-order valence-corrected chi connectivity index (χ0v) is 15.9. The number of nitrogens with two attached hydrogens (primary N) is 1. The zero-order chi connectivity index (χ0) is 19.0. The summed E-state index contributed by atoms with van der Waals surface area (Å²) in [5.74, 6) is -0.368. The lowest BCUT2D eigenvalue weighted by Gasteiger charge is -2.28. The SMILES string of the molecule is Cl.Cn1cc(NC(=O)c2cnn3ccc(N4CCNCC4)nc23)c(C(N)=O)n1. The summed E-state index contributed by atoms with van der Waals surface area (Å²) < 4.78 is 2.95. The van der Waals surface area contributed by atoms with Crippen molar-refractivity contribution in [2.45, 2.75) is 0 Å². The second-order valence-electron chi connectivity index (χ2n) is 6.23. The summed E-state index contributed by atoms with van der Waals surface area (Å²) in [6.07, 6.45) is 4.73. The highest BCUT2D eigenvalue weighted by Crippen LogP contribution is 2.18. The van der Waals surface area contributed by atoms with Crippen molar-refractivity contribution in [1.82, 2.24) is 29.7 Å². The summed E-state index contributed by atoms with van der Waals surface area (Å²) in [5.41, 5.74) is 6.29. The lowest BCUT2D eigenvalue weighted by Crippen LogP contribution is -2.43. The van der Waals surface area contributed by atoms with Crippen LogP contribution in [0.15, 0.2) is 24.7 Å². The van der Waals surface area contributed by atoms with Crippen LogP contribution in [0.2, 0.25) is 0 Å². The van der Waals surface area contributed by atoms with Gasteiger partial charge in [-0.3, -0.25) is 14.3 Å². The van der Waals surface area contributed by atoms with Gasteiger partial charge in [0.05, 0.1) is 11.9 Å². The van der Waals surface area contributed by atoms with Gasteiger partial charge in [-0.25, -0.2) is 9.50 Å². The fourth-order valence-electron chi connectivity index (χ4n) is 3.04. The van der Waals surface area contributed by atoms with Gasteiger partial charge in [0.25, 0.3) is 11.8 Å². The van der Waals surface area contributed by atoms with E-state index in [9.17, 15) is 9.59 Å². The molecule has 0 aliphatic carbocycles. The monoisotopic (exact) mass is 405 g/mol. The van der Waals surface area contributed by atoms with E-state index < -0.39 is 11.8 Å². The largest absolute Gasteiger partial charge is 0.364 e. The fourth-order valence-corrected chi connectivity index (χ4v) is 3.04. The van der Waals surface area contributed by atoms with Crippen LogP contribution in [0.3, 0.4) is 0 Å². The predicted octanol–water partition coefficient (Wildman–Crippen LogP) is -0.355. The number of anilines is 2. The molecule has 4 rings (SSSR count). The van der Waals surface area contributed by atoms with Gasteiger partial charge in [-0.1, -0.05) is 0 Å².